The molecule has 0 spiro atoms. The number of Topliss-reactive ketones (excluding diaryl/α,β-unsaturated/α-hetero) is 1. The van der Waals surface area contributed by atoms with E-state index in [1.807, 2.05) is 6.92 Å². The molecule has 1 heterocycles. The summed E-state index contributed by atoms with van der Waals surface area (Å²) in [6.07, 6.45) is 0.221. The smallest absolute Gasteiger partial charge is 0.171 e. The number of benzene rings is 1. The SMILES string of the molecule is CC1CC(=O)c2c(Cl)ccc(Cl)c2O1. The highest BCUT2D eigenvalue weighted by molar-refractivity contribution is 6.37. The third-order valence-electron chi connectivity index (χ3n) is 2.13. The van der Waals surface area contributed by atoms with E-state index in [-0.39, 0.29) is 11.9 Å². The molecule has 0 radical (unpaired) electrons. The molecule has 1 aromatic rings. The van der Waals surface area contributed by atoms with Gasteiger partial charge in [-0.05, 0) is 19.1 Å². The van der Waals surface area contributed by atoms with Crippen molar-refractivity contribution in [3.63, 3.8) is 0 Å². The Morgan fingerprint density at radius 2 is 2.00 bits per heavy atom. The Morgan fingerprint density at radius 3 is 2.71 bits per heavy atom. The maximum absolute atomic E-state index is 11.6. The van der Waals surface area contributed by atoms with Crippen molar-refractivity contribution in [2.75, 3.05) is 0 Å². The van der Waals surface area contributed by atoms with Gasteiger partial charge in [0, 0.05) is 6.42 Å². The Labute approximate surface area is 91.8 Å². The summed E-state index contributed by atoms with van der Waals surface area (Å²) in [6, 6.07) is 3.24. The van der Waals surface area contributed by atoms with E-state index < -0.39 is 0 Å². The second kappa shape index (κ2) is 3.44. The molecule has 0 N–H and O–H groups in total. The minimum Gasteiger partial charge on any atom is -0.488 e. The van der Waals surface area contributed by atoms with Crippen LogP contribution in [0.4, 0.5) is 0 Å². The predicted octanol–water partition coefficient (Wildman–Crippen LogP) is 3.35. The van der Waals surface area contributed by atoms with Crippen LogP contribution in [-0.2, 0) is 0 Å². The van der Waals surface area contributed by atoms with E-state index >= 15 is 0 Å². The van der Waals surface area contributed by atoms with Crippen LogP contribution in [-0.4, -0.2) is 11.9 Å². The first-order valence-electron chi connectivity index (χ1n) is 4.27. The van der Waals surface area contributed by atoms with E-state index in [1.54, 1.807) is 12.1 Å². The van der Waals surface area contributed by atoms with Gasteiger partial charge in [-0.15, -0.1) is 0 Å². The molecule has 2 nitrogen and oxygen atoms in total. The summed E-state index contributed by atoms with van der Waals surface area (Å²) in [5, 5.41) is 0.839. The average molecular weight is 231 g/mol. The lowest BCUT2D eigenvalue weighted by atomic mass is 10.0. The fourth-order valence-corrected chi connectivity index (χ4v) is 1.97. The van der Waals surface area contributed by atoms with Crippen LogP contribution in [0.1, 0.15) is 23.7 Å². The molecule has 2 rings (SSSR count). The van der Waals surface area contributed by atoms with Crippen molar-refractivity contribution < 1.29 is 9.53 Å². The molecule has 0 fully saturated rings. The van der Waals surface area contributed by atoms with Crippen molar-refractivity contribution >= 4 is 29.0 Å². The van der Waals surface area contributed by atoms with Crippen LogP contribution in [0.5, 0.6) is 5.75 Å². The molecular weight excluding hydrogens is 223 g/mol. The maximum atomic E-state index is 11.6. The Bertz CT molecular complexity index is 401. The van der Waals surface area contributed by atoms with E-state index in [9.17, 15) is 4.79 Å². The Hall–Kier alpha value is -0.730. The van der Waals surface area contributed by atoms with Gasteiger partial charge in [0.25, 0.3) is 0 Å². The van der Waals surface area contributed by atoms with Gasteiger partial charge in [0.05, 0.1) is 15.6 Å². The van der Waals surface area contributed by atoms with Crippen molar-refractivity contribution in [2.24, 2.45) is 0 Å². The standard InChI is InChI=1S/C10H8Cl2O2/c1-5-4-8(13)9-6(11)2-3-7(12)10(9)14-5/h2-3,5H,4H2,1H3. The minimum atomic E-state index is -0.133. The van der Waals surface area contributed by atoms with Gasteiger partial charge in [-0.2, -0.15) is 0 Å². The van der Waals surface area contributed by atoms with Crippen LogP contribution in [0.25, 0.3) is 0 Å². The summed E-state index contributed by atoms with van der Waals surface area (Å²) in [5.74, 6) is 0.411. The number of ketones is 1. The number of carbonyl (C=O) groups excluding carboxylic acids is 1. The highest BCUT2D eigenvalue weighted by atomic mass is 35.5. The lowest BCUT2D eigenvalue weighted by Gasteiger charge is -2.23. The molecule has 4 heteroatoms. The molecule has 1 aliphatic rings. The molecule has 74 valence electrons. The van der Waals surface area contributed by atoms with Crippen LogP contribution < -0.4 is 4.74 Å². The van der Waals surface area contributed by atoms with E-state index in [0.29, 0.717) is 27.8 Å². The second-order valence-corrected chi connectivity index (χ2v) is 4.10. The molecule has 1 unspecified atom stereocenters. The zero-order chi connectivity index (χ0) is 10.3. The minimum absolute atomic E-state index is 0.00810. The number of halogens is 2. The number of fused-ring (bicyclic) bond motifs is 1. The van der Waals surface area contributed by atoms with E-state index in [2.05, 4.69) is 0 Å². The molecule has 0 bridgehead atoms. The summed E-state index contributed by atoms with van der Waals surface area (Å²) < 4.78 is 5.48. The number of hydrogen-bond acceptors (Lipinski definition) is 2. The van der Waals surface area contributed by atoms with Gasteiger partial charge in [-0.1, -0.05) is 23.2 Å². The molecule has 0 aliphatic carbocycles. The molecule has 0 amide bonds. The number of ether oxygens (including phenoxy) is 1. The average Bonchev–Trinajstić information content (AvgIpc) is 2.10. The van der Waals surface area contributed by atoms with Crippen LogP contribution in [0, 0.1) is 0 Å². The summed E-state index contributed by atoms with van der Waals surface area (Å²) in [6.45, 7) is 1.83. The van der Waals surface area contributed by atoms with Gasteiger partial charge in [0.2, 0.25) is 0 Å². The second-order valence-electron chi connectivity index (χ2n) is 3.29. The fraction of sp³-hybridized carbons (Fsp3) is 0.300. The van der Waals surface area contributed by atoms with Gasteiger partial charge in [0.1, 0.15) is 6.10 Å². The fourth-order valence-electron chi connectivity index (χ4n) is 1.51. The first-order chi connectivity index (χ1) is 6.59. The summed E-state index contributed by atoms with van der Waals surface area (Å²) in [5.41, 5.74) is 0.414. The quantitative estimate of drug-likeness (QED) is 0.684. The summed E-state index contributed by atoms with van der Waals surface area (Å²) >= 11 is 11.8. The van der Waals surface area contributed by atoms with Crippen molar-refractivity contribution in [3.05, 3.63) is 27.7 Å². The van der Waals surface area contributed by atoms with Crippen molar-refractivity contribution in [2.45, 2.75) is 19.4 Å². The molecular formula is C10H8Cl2O2. The summed E-state index contributed by atoms with van der Waals surface area (Å²) in [4.78, 5) is 11.6. The zero-order valence-electron chi connectivity index (χ0n) is 7.51. The highest BCUT2D eigenvalue weighted by Crippen LogP contribution is 2.38. The normalized spacial score (nSPS) is 20.2. The van der Waals surface area contributed by atoms with Crippen molar-refractivity contribution in [1.29, 1.82) is 0 Å². The largest absolute Gasteiger partial charge is 0.488 e. The number of carbonyl (C=O) groups is 1. The third-order valence-corrected chi connectivity index (χ3v) is 2.74. The molecule has 0 saturated heterocycles. The first-order valence-corrected chi connectivity index (χ1v) is 5.03. The Kier molecular flexibility index (Phi) is 2.41. The third kappa shape index (κ3) is 1.49. The molecule has 0 saturated carbocycles. The number of hydrogen-bond donors (Lipinski definition) is 0. The van der Waals surface area contributed by atoms with Gasteiger partial charge in [-0.25, -0.2) is 0 Å². The monoisotopic (exact) mass is 230 g/mol. The van der Waals surface area contributed by atoms with Crippen LogP contribution >= 0.6 is 23.2 Å². The van der Waals surface area contributed by atoms with E-state index in [0.717, 1.165) is 0 Å². The van der Waals surface area contributed by atoms with E-state index in [1.165, 1.54) is 0 Å². The molecule has 14 heavy (non-hydrogen) atoms. The van der Waals surface area contributed by atoms with Gasteiger partial charge in [-0.3, -0.25) is 4.79 Å². The molecule has 1 aliphatic heterocycles. The van der Waals surface area contributed by atoms with Gasteiger partial charge >= 0.3 is 0 Å². The van der Waals surface area contributed by atoms with Crippen LogP contribution in [0.3, 0.4) is 0 Å². The molecule has 0 aromatic heterocycles. The molecule has 1 aromatic carbocycles. The van der Waals surface area contributed by atoms with Crippen LogP contribution in [0.15, 0.2) is 12.1 Å². The van der Waals surface area contributed by atoms with Gasteiger partial charge < -0.3 is 4.74 Å². The number of rotatable bonds is 0. The van der Waals surface area contributed by atoms with E-state index in [4.69, 9.17) is 27.9 Å². The van der Waals surface area contributed by atoms with Gasteiger partial charge in [0.15, 0.2) is 11.5 Å². The first kappa shape index (κ1) is 9.81. The maximum Gasteiger partial charge on any atom is 0.171 e. The lowest BCUT2D eigenvalue weighted by molar-refractivity contribution is 0.0871. The Balaban J connectivity index is 2.63. The Morgan fingerprint density at radius 1 is 1.36 bits per heavy atom. The summed E-state index contributed by atoms with van der Waals surface area (Å²) in [7, 11) is 0. The highest BCUT2D eigenvalue weighted by Gasteiger charge is 2.27. The van der Waals surface area contributed by atoms with Crippen molar-refractivity contribution in [3.8, 4) is 5.75 Å². The lowest BCUT2D eigenvalue weighted by Crippen LogP contribution is -2.24. The van der Waals surface area contributed by atoms with Crippen molar-refractivity contribution in [1.82, 2.24) is 0 Å². The predicted molar refractivity (Wildman–Crippen MR) is 55.5 cm³/mol. The van der Waals surface area contributed by atoms with Crippen LogP contribution in [0.2, 0.25) is 10.0 Å². The topological polar surface area (TPSA) is 26.3 Å². The zero-order valence-corrected chi connectivity index (χ0v) is 9.02. The molecule has 1 atom stereocenters.